The van der Waals surface area contributed by atoms with Gasteiger partial charge in [-0.05, 0) is 44.9 Å². The first-order chi connectivity index (χ1) is 8.59. The Morgan fingerprint density at radius 1 is 1.33 bits per heavy atom. The number of rotatable bonds is 3. The molecule has 98 valence electrons. The highest BCUT2D eigenvalue weighted by atomic mass is 16.2. The predicted molar refractivity (Wildman–Crippen MR) is 74.4 cm³/mol. The van der Waals surface area contributed by atoms with E-state index in [1.807, 2.05) is 23.1 Å². The van der Waals surface area contributed by atoms with Gasteiger partial charge in [0.1, 0.15) is 0 Å². The van der Waals surface area contributed by atoms with Crippen molar-refractivity contribution in [3.63, 3.8) is 0 Å². The van der Waals surface area contributed by atoms with E-state index in [2.05, 4.69) is 13.8 Å². The third-order valence-electron chi connectivity index (χ3n) is 3.64. The summed E-state index contributed by atoms with van der Waals surface area (Å²) in [6.45, 7) is 4.17. The molecule has 0 spiro atoms. The largest absolute Gasteiger partial charge is 0.399 e. The van der Waals surface area contributed by atoms with Gasteiger partial charge in [-0.25, -0.2) is 0 Å². The minimum absolute atomic E-state index is 0.115. The van der Waals surface area contributed by atoms with Crippen LogP contribution in [0.15, 0.2) is 24.3 Å². The van der Waals surface area contributed by atoms with E-state index in [0.29, 0.717) is 17.3 Å². The lowest BCUT2D eigenvalue weighted by Gasteiger charge is -2.33. The van der Waals surface area contributed by atoms with Gasteiger partial charge in [-0.2, -0.15) is 0 Å². The van der Waals surface area contributed by atoms with E-state index in [1.165, 1.54) is 12.8 Å². The number of carbonyl (C=O) groups is 1. The molecule has 1 saturated carbocycles. The Bertz CT molecular complexity index is 422. The maximum atomic E-state index is 12.6. The summed E-state index contributed by atoms with van der Waals surface area (Å²) in [6.07, 6.45) is 4.73. The van der Waals surface area contributed by atoms with Crippen LogP contribution >= 0.6 is 0 Å². The molecule has 0 heterocycles. The Hall–Kier alpha value is -1.51. The molecule has 3 nitrogen and oxygen atoms in total. The van der Waals surface area contributed by atoms with Gasteiger partial charge in [0, 0.05) is 23.3 Å². The Kier molecular flexibility index (Phi) is 3.90. The first-order valence-electron chi connectivity index (χ1n) is 6.78. The fraction of sp³-hybridized carbons (Fsp3) is 0.533. The lowest BCUT2D eigenvalue weighted by molar-refractivity contribution is 0.0613. The topological polar surface area (TPSA) is 46.3 Å². The summed E-state index contributed by atoms with van der Waals surface area (Å²) in [7, 11) is 0. The monoisotopic (exact) mass is 246 g/mol. The van der Waals surface area contributed by atoms with Crippen LogP contribution in [0.3, 0.4) is 0 Å². The highest BCUT2D eigenvalue weighted by molar-refractivity contribution is 5.95. The minimum Gasteiger partial charge on any atom is -0.399 e. The van der Waals surface area contributed by atoms with Crippen LogP contribution in [0.5, 0.6) is 0 Å². The molecule has 1 aromatic carbocycles. The summed E-state index contributed by atoms with van der Waals surface area (Å²) in [4.78, 5) is 14.6. The third kappa shape index (κ3) is 2.66. The Morgan fingerprint density at radius 3 is 2.56 bits per heavy atom. The lowest BCUT2D eigenvalue weighted by Crippen LogP contribution is -2.43. The van der Waals surface area contributed by atoms with E-state index < -0.39 is 0 Å². The fourth-order valence-electron chi connectivity index (χ4n) is 2.83. The van der Waals surface area contributed by atoms with Crippen LogP contribution < -0.4 is 5.73 Å². The van der Waals surface area contributed by atoms with Crippen LogP contribution in [0.4, 0.5) is 5.69 Å². The summed E-state index contributed by atoms with van der Waals surface area (Å²) >= 11 is 0. The molecule has 2 N–H and O–H groups in total. The van der Waals surface area contributed by atoms with Crippen molar-refractivity contribution in [1.82, 2.24) is 4.90 Å². The van der Waals surface area contributed by atoms with Crippen LogP contribution in [0, 0.1) is 0 Å². The average Bonchev–Trinajstić information content (AvgIpc) is 2.82. The molecular formula is C15H22N2O. The maximum absolute atomic E-state index is 12.6. The number of nitrogen functional groups attached to an aromatic ring is 1. The quantitative estimate of drug-likeness (QED) is 0.833. The van der Waals surface area contributed by atoms with Gasteiger partial charge in [-0.3, -0.25) is 4.79 Å². The fourth-order valence-corrected chi connectivity index (χ4v) is 2.83. The zero-order valence-corrected chi connectivity index (χ0v) is 11.2. The van der Waals surface area contributed by atoms with Crippen molar-refractivity contribution in [3.8, 4) is 0 Å². The summed E-state index contributed by atoms with van der Waals surface area (Å²) < 4.78 is 0. The third-order valence-corrected chi connectivity index (χ3v) is 3.64. The highest BCUT2D eigenvalue weighted by Crippen LogP contribution is 2.26. The van der Waals surface area contributed by atoms with Crippen LogP contribution in [0.1, 0.15) is 49.9 Å². The summed E-state index contributed by atoms with van der Waals surface area (Å²) in [5, 5.41) is 0. The van der Waals surface area contributed by atoms with Crippen molar-refractivity contribution in [1.29, 1.82) is 0 Å². The molecule has 0 aliphatic heterocycles. The molecule has 0 radical (unpaired) electrons. The van der Waals surface area contributed by atoms with Gasteiger partial charge in [-0.15, -0.1) is 0 Å². The van der Waals surface area contributed by atoms with Gasteiger partial charge >= 0.3 is 0 Å². The van der Waals surface area contributed by atoms with Gasteiger partial charge in [0.15, 0.2) is 0 Å². The van der Waals surface area contributed by atoms with Crippen LogP contribution in [-0.2, 0) is 0 Å². The molecule has 1 aliphatic rings. The van der Waals surface area contributed by atoms with E-state index in [1.54, 1.807) is 6.07 Å². The zero-order valence-electron chi connectivity index (χ0n) is 11.2. The SMILES string of the molecule is CC(C)N(C(=O)c1cccc(N)c1)C1CCCC1. The molecule has 0 saturated heterocycles. The summed E-state index contributed by atoms with van der Waals surface area (Å²) in [5.41, 5.74) is 7.11. The van der Waals surface area contributed by atoms with Crippen molar-refractivity contribution in [2.24, 2.45) is 0 Å². The number of amides is 1. The number of nitrogens with two attached hydrogens (primary N) is 1. The van der Waals surface area contributed by atoms with Gasteiger partial charge in [0.2, 0.25) is 0 Å². The van der Waals surface area contributed by atoms with E-state index in [0.717, 1.165) is 12.8 Å². The van der Waals surface area contributed by atoms with Crippen molar-refractivity contribution in [3.05, 3.63) is 29.8 Å². The molecule has 1 aromatic rings. The Balaban J connectivity index is 2.22. The number of hydrogen-bond acceptors (Lipinski definition) is 2. The molecule has 0 bridgehead atoms. The number of benzene rings is 1. The standard InChI is InChI=1S/C15H22N2O/c1-11(2)17(14-8-3-4-9-14)15(18)12-6-5-7-13(16)10-12/h5-7,10-11,14H,3-4,8-9,16H2,1-2H3. The van der Waals surface area contributed by atoms with Crippen molar-refractivity contribution < 1.29 is 4.79 Å². The molecular weight excluding hydrogens is 224 g/mol. The summed E-state index contributed by atoms with van der Waals surface area (Å²) in [5.74, 6) is 0.115. The minimum atomic E-state index is 0.115. The van der Waals surface area contributed by atoms with Crippen LogP contribution in [0.2, 0.25) is 0 Å². The molecule has 2 rings (SSSR count). The number of hydrogen-bond donors (Lipinski definition) is 1. The smallest absolute Gasteiger partial charge is 0.254 e. The van der Waals surface area contributed by atoms with Crippen molar-refractivity contribution in [2.45, 2.75) is 51.6 Å². The van der Waals surface area contributed by atoms with E-state index in [4.69, 9.17) is 5.73 Å². The molecule has 0 unspecified atom stereocenters. The maximum Gasteiger partial charge on any atom is 0.254 e. The number of anilines is 1. The molecule has 1 fully saturated rings. The van der Waals surface area contributed by atoms with Gasteiger partial charge in [0.25, 0.3) is 5.91 Å². The van der Waals surface area contributed by atoms with E-state index >= 15 is 0 Å². The molecule has 3 heteroatoms. The average molecular weight is 246 g/mol. The van der Waals surface area contributed by atoms with Crippen molar-refractivity contribution >= 4 is 11.6 Å². The normalized spacial score (nSPS) is 16.2. The molecule has 1 aliphatic carbocycles. The lowest BCUT2D eigenvalue weighted by atomic mass is 10.1. The van der Waals surface area contributed by atoms with Gasteiger partial charge in [-0.1, -0.05) is 18.9 Å². The first-order valence-corrected chi connectivity index (χ1v) is 6.78. The first kappa shape index (κ1) is 12.9. The molecule has 1 amide bonds. The highest BCUT2D eigenvalue weighted by Gasteiger charge is 2.29. The molecule has 0 atom stereocenters. The Morgan fingerprint density at radius 2 is 2.00 bits per heavy atom. The summed E-state index contributed by atoms with van der Waals surface area (Å²) in [6, 6.07) is 7.92. The molecule has 0 aromatic heterocycles. The van der Waals surface area contributed by atoms with Gasteiger partial charge < -0.3 is 10.6 Å². The number of carbonyl (C=O) groups excluding carboxylic acids is 1. The Labute approximate surface area is 109 Å². The van der Waals surface area contributed by atoms with Crippen LogP contribution in [0.25, 0.3) is 0 Å². The van der Waals surface area contributed by atoms with E-state index in [9.17, 15) is 4.79 Å². The second-order valence-electron chi connectivity index (χ2n) is 5.37. The molecule has 18 heavy (non-hydrogen) atoms. The van der Waals surface area contributed by atoms with Gasteiger partial charge in [0.05, 0.1) is 0 Å². The zero-order chi connectivity index (χ0) is 13.1. The van der Waals surface area contributed by atoms with Crippen LogP contribution in [-0.4, -0.2) is 22.9 Å². The van der Waals surface area contributed by atoms with Crippen molar-refractivity contribution in [2.75, 3.05) is 5.73 Å². The number of nitrogens with zero attached hydrogens (tertiary/aromatic N) is 1. The second-order valence-corrected chi connectivity index (χ2v) is 5.37. The predicted octanol–water partition coefficient (Wildman–Crippen LogP) is 3.06. The van der Waals surface area contributed by atoms with E-state index in [-0.39, 0.29) is 11.9 Å². The second kappa shape index (κ2) is 5.42.